The van der Waals surface area contributed by atoms with Crippen molar-refractivity contribution in [2.75, 3.05) is 0 Å². The molecule has 0 spiro atoms. The van der Waals surface area contributed by atoms with Gasteiger partial charge in [-0.1, -0.05) is 28.4 Å². The lowest BCUT2D eigenvalue weighted by atomic mass is 10.1. The highest BCUT2D eigenvalue weighted by Gasteiger charge is 2.13. The number of nitrogens with zero attached hydrogens (tertiary/aromatic N) is 5. The van der Waals surface area contributed by atoms with Gasteiger partial charge in [0, 0.05) is 6.42 Å². The summed E-state index contributed by atoms with van der Waals surface area (Å²) in [5.74, 6) is -0.279. The quantitative estimate of drug-likeness (QED) is 0.867. The van der Waals surface area contributed by atoms with Crippen molar-refractivity contribution in [3.05, 3.63) is 22.2 Å². The maximum absolute atomic E-state index is 9.05. The van der Waals surface area contributed by atoms with Crippen LogP contribution in [0.2, 0.25) is 10.0 Å². The van der Waals surface area contributed by atoms with Gasteiger partial charge >= 0.3 is 0 Å². The molecule has 1 aromatic heterocycles. The van der Waals surface area contributed by atoms with Crippen molar-refractivity contribution in [1.29, 1.82) is 10.5 Å². The minimum absolute atomic E-state index is 0.279. The molecule has 0 bridgehead atoms. The van der Waals surface area contributed by atoms with E-state index in [1.54, 1.807) is 16.8 Å². The first-order valence-electron chi connectivity index (χ1n) is 5.60. The van der Waals surface area contributed by atoms with Gasteiger partial charge in [-0.05, 0) is 18.6 Å². The highest BCUT2D eigenvalue weighted by Crippen LogP contribution is 2.27. The van der Waals surface area contributed by atoms with Gasteiger partial charge in [0.1, 0.15) is 5.52 Å². The topological polar surface area (TPSA) is 78.3 Å². The fourth-order valence-corrected chi connectivity index (χ4v) is 2.06. The molecule has 1 heterocycles. The molecule has 96 valence electrons. The molecule has 0 saturated carbocycles. The average molecular weight is 294 g/mol. The zero-order valence-corrected chi connectivity index (χ0v) is 11.4. The third kappa shape index (κ3) is 2.96. The molecule has 1 unspecified atom stereocenters. The summed E-state index contributed by atoms with van der Waals surface area (Å²) in [7, 11) is 0. The van der Waals surface area contributed by atoms with E-state index >= 15 is 0 Å². The maximum Gasteiger partial charge on any atom is 0.114 e. The third-order valence-electron chi connectivity index (χ3n) is 2.74. The number of hydrogen-bond donors (Lipinski definition) is 0. The summed E-state index contributed by atoms with van der Waals surface area (Å²) in [5, 5.41) is 26.4. The van der Waals surface area contributed by atoms with Crippen LogP contribution in [0.4, 0.5) is 0 Å². The summed E-state index contributed by atoms with van der Waals surface area (Å²) < 4.78 is 1.61. The molecule has 0 fully saturated rings. The number of halogens is 2. The van der Waals surface area contributed by atoms with E-state index in [1.807, 2.05) is 6.07 Å². The van der Waals surface area contributed by atoms with Crippen molar-refractivity contribution in [1.82, 2.24) is 15.0 Å². The molecule has 0 radical (unpaired) electrons. The van der Waals surface area contributed by atoms with Crippen molar-refractivity contribution < 1.29 is 0 Å². The number of benzene rings is 1. The van der Waals surface area contributed by atoms with Crippen LogP contribution in [-0.4, -0.2) is 15.0 Å². The van der Waals surface area contributed by atoms with Crippen LogP contribution >= 0.6 is 23.2 Å². The predicted octanol–water partition coefficient (Wildman–Crippen LogP) is 3.18. The first-order chi connectivity index (χ1) is 9.15. The number of aromatic nitrogens is 3. The van der Waals surface area contributed by atoms with E-state index in [2.05, 4.69) is 16.4 Å². The average Bonchev–Trinajstić information content (AvgIpc) is 2.77. The van der Waals surface area contributed by atoms with E-state index in [9.17, 15) is 0 Å². The SMILES string of the molecule is N#CCCC(C#N)Cn1nnc2cc(Cl)c(Cl)cc21. The van der Waals surface area contributed by atoms with Gasteiger partial charge < -0.3 is 0 Å². The molecule has 2 aromatic rings. The normalized spacial score (nSPS) is 12.0. The molecule has 2 rings (SSSR count). The van der Waals surface area contributed by atoms with Crippen LogP contribution in [0.1, 0.15) is 12.8 Å². The van der Waals surface area contributed by atoms with Gasteiger partial charge in [0.15, 0.2) is 0 Å². The minimum Gasteiger partial charge on any atom is -0.243 e. The Kier molecular flexibility index (Phi) is 4.21. The van der Waals surface area contributed by atoms with E-state index in [-0.39, 0.29) is 5.92 Å². The Bertz CT molecular complexity index is 680. The molecular formula is C12H9Cl2N5. The monoisotopic (exact) mass is 293 g/mol. The van der Waals surface area contributed by atoms with Crippen LogP contribution in [0.5, 0.6) is 0 Å². The van der Waals surface area contributed by atoms with Crippen molar-refractivity contribution in [2.45, 2.75) is 19.4 Å². The molecule has 0 amide bonds. The second kappa shape index (κ2) is 5.88. The predicted molar refractivity (Wildman–Crippen MR) is 71.5 cm³/mol. The molecule has 0 saturated heterocycles. The van der Waals surface area contributed by atoms with Crippen LogP contribution in [0.25, 0.3) is 11.0 Å². The first-order valence-corrected chi connectivity index (χ1v) is 6.36. The molecule has 0 N–H and O–H groups in total. The highest BCUT2D eigenvalue weighted by atomic mass is 35.5. The Hall–Kier alpha value is -1.82. The number of fused-ring (bicyclic) bond motifs is 1. The van der Waals surface area contributed by atoms with E-state index in [0.29, 0.717) is 34.9 Å². The van der Waals surface area contributed by atoms with Crippen LogP contribution in [0.3, 0.4) is 0 Å². The Morgan fingerprint density at radius 1 is 1.26 bits per heavy atom. The summed E-state index contributed by atoms with van der Waals surface area (Å²) in [6.07, 6.45) is 0.854. The number of nitriles is 2. The fourth-order valence-electron chi connectivity index (χ4n) is 1.74. The molecule has 1 aromatic carbocycles. The fraction of sp³-hybridized carbons (Fsp3) is 0.333. The van der Waals surface area contributed by atoms with Crippen LogP contribution in [0, 0.1) is 28.6 Å². The molecular weight excluding hydrogens is 285 g/mol. The molecule has 19 heavy (non-hydrogen) atoms. The van der Waals surface area contributed by atoms with Gasteiger partial charge in [-0.3, -0.25) is 0 Å². The molecule has 5 nitrogen and oxygen atoms in total. The smallest absolute Gasteiger partial charge is 0.114 e. The van der Waals surface area contributed by atoms with Crippen molar-refractivity contribution >= 4 is 34.2 Å². The summed E-state index contributed by atoms with van der Waals surface area (Å²) in [5.41, 5.74) is 1.36. The van der Waals surface area contributed by atoms with Crippen LogP contribution < -0.4 is 0 Å². The highest BCUT2D eigenvalue weighted by molar-refractivity contribution is 6.42. The van der Waals surface area contributed by atoms with Gasteiger partial charge in [-0.25, -0.2) is 4.68 Å². The summed E-state index contributed by atoms with van der Waals surface area (Å²) in [4.78, 5) is 0. The molecule has 7 heteroatoms. The van der Waals surface area contributed by atoms with Gasteiger partial charge in [0.25, 0.3) is 0 Å². The van der Waals surface area contributed by atoms with Gasteiger partial charge in [0.05, 0.1) is 40.2 Å². The van der Waals surface area contributed by atoms with E-state index in [1.165, 1.54) is 0 Å². The minimum atomic E-state index is -0.279. The lowest BCUT2D eigenvalue weighted by molar-refractivity contribution is 0.476. The van der Waals surface area contributed by atoms with Crippen molar-refractivity contribution in [2.24, 2.45) is 5.92 Å². The van der Waals surface area contributed by atoms with E-state index in [4.69, 9.17) is 33.7 Å². The Labute approximate surface area is 119 Å². The molecule has 0 aliphatic carbocycles. The van der Waals surface area contributed by atoms with E-state index in [0.717, 1.165) is 5.52 Å². The second-order valence-corrected chi connectivity index (χ2v) is 4.86. The molecule has 0 aliphatic rings. The van der Waals surface area contributed by atoms with Gasteiger partial charge in [0.2, 0.25) is 0 Å². The Balaban J connectivity index is 2.28. The largest absolute Gasteiger partial charge is 0.243 e. The second-order valence-electron chi connectivity index (χ2n) is 4.05. The van der Waals surface area contributed by atoms with E-state index < -0.39 is 0 Å². The summed E-state index contributed by atoms with van der Waals surface area (Å²) in [6.45, 7) is 0.382. The van der Waals surface area contributed by atoms with Gasteiger partial charge in [-0.2, -0.15) is 10.5 Å². The zero-order valence-electron chi connectivity index (χ0n) is 9.85. The third-order valence-corrected chi connectivity index (χ3v) is 3.46. The van der Waals surface area contributed by atoms with Gasteiger partial charge in [-0.15, -0.1) is 5.10 Å². The lowest BCUT2D eigenvalue weighted by Gasteiger charge is -2.07. The van der Waals surface area contributed by atoms with Crippen LogP contribution in [0.15, 0.2) is 12.1 Å². The zero-order chi connectivity index (χ0) is 13.8. The number of rotatable bonds is 4. The lowest BCUT2D eigenvalue weighted by Crippen LogP contribution is -2.10. The summed E-state index contributed by atoms with van der Waals surface area (Å²) in [6, 6.07) is 7.51. The summed E-state index contributed by atoms with van der Waals surface area (Å²) >= 11 is 11.9. The molecule has 0 aliphatic heterocycles. The maximum atomic E-state index is 9.05. The Morgan fingerprint density at radius 3 is 2.68 bits per heavy atom. The number of hydrogen-bond acceptors (Lipinski definition) is 4. The Morgan fingerprint density at radius 2 is 2.00 bits per heavy atom. The van der Waals surface area contributed by atoms with Crippen molar-refractivity contribution in [3.63, 3.8) is 0 Å². The van der Waals surface area contributed by atoms with Crippen LogP contribution in [-0.2, 0) is 6.54 Å². The van der Waals surface area contributed by atoms with Crippen molar-refractivity contribution in [3.8, 4) is 12.1 Å². The first kappa shape index (κ1) is 13.6. The standard InChI is InChI=1S/C12H9Cl2N5/c13-9-4-11-12(5-10(9)14)19(18-17-11)7-8(6-16)2-1-3-15/h4-5,8H,1-2,7H2. The molecule has 1 atom stereocenters.